The van der Waals surface area contributed by atoms with E-state index in [4.69, 9.17) is 4.74 Å². The molecule has 0 bridgehead atoms. The molecule has 0 saturated heterocycles. The van der Waals surface area contributed by atoms with Gasteiger partial charge in [-0.05, 0) is 23.8 Å². The number of nitrogens with zero attached hydrogens (tertiary/aromatic N) is 1. The maximum Gasteiger partial charge on any atom is 0.125 e. The smallest absolute Gasteiger partial charge is 0.125 e. The monoisotopic (exact) mass is 293 g/mol. The summed E-state index contributed by atoms with van der Waals surface area (Å²) in [6.45, 7) is 5.95. The highest BCUT2D eigenvalue weighted by Gasteiger charge is 2.31. The van der Waals surface area contributed by atoms with Gasteiger partial charge in [0.25, 0.3) is 0 Å². The van der Waals surface area contributed by atoms with E-state index in [0.717, 1.165) is 35.6 Å². The molecule has 112 valence electrons. The Balaban J connectivity index is 1.52. The maximum absolute atomic E-state index is 5.80. The van der Waals surface area contributed by atoms with Crippen molar-refractivity contribution in [1.82, 2.24) is 9.97 Å². The van der Waals surface area contributed by atoms with Crippen LogP contribution in [0.25, 0.3) is 11.0 Å². The van der Waals surface area contributed by atoms with Crippen LogP contribution in [0.5, 0.6) is 5.75 Å². The summed E-state index contributed by atoms with van der Waals surface area (Å²) in [5, 5.41) is 3.46. The SMILES string of the molecule is CC1(C)COc2cc(NCc3ccc4nc[nH]c4c3)ccc21. The Labute approximate surface area is 129 Å². The fourth-order valence-corrected chi connectivity index (χ4v) is 2.94. The lowest BCUT2D eigenvalue weighted by molar-refractivity contribution is 0.291. The van der Waals surface area contributed by atoms with E-state index < -0.39 is 0 Å². The molecule has 0 aliphatic carbocycles. The predicted molar refractivity (Wildman–Crippen MR) is 88.4 cm³/mol. The molecule has 0 fully saturated rings. The van der Waals surface area contributed by atoms with E-state index in [9.17, 15) is 0 Å². The van der Waals surface area contributed by atoms with Crippen LogP contribution in [0.2, 0.25) is 0 Å². The number of hydrogen-bond donors (Lipinski definition) is 2. The van der Waals surface area contributed by atoms with Gasteiger partial charge in [-0.1, -0.05) is 26.0 Å². The second-order valence-corrected chi connectivity index (χ2v) is 6.49. The topological polar surface area (TPSA) is 49.9 Å². The summed E-state index contributed by atoms with van der Waals surface area (Å²) in [4.78, 5) is 7.38. The number of aromatic nitrogens is 2. The Kier molecular flexibility index (Phi) is 2.86. The van der Waals surface area contributed by atoms with Crippen LogP contribution in [0.4, 0.5) is 5.69 Å². The Morgan fingerprint density at radius 1 is 1.23 bits per heavy atom. The number of imidazole rings is 1. The van der Waals surface area contributed by atoms with Gasteiger partial charge in [0.05, 0.1) is 24.0 Å². The Hall–Kier alpha value is -2.49. The summed E-state index contributed by atoms with van der Waals surface area (Å²) >= 11 is 0. The molecule has 0 saturated carbocycles. The number of nitrogens with one attached hydrogen (secondary N) is 2. The van der Waals surface area contributed by atoms with Gasteiger partial charge in [-0.3, -0.25) is 0 Å². The molecule has 1 aromatic heterocycles. The number of H-pyrrole nitrogens is 1. The number of aromatic amines is 1. The summed E-state index contributed by atoms with van der Waals surface area (Å²) in [5.74, 6) is 0.999. The molecule has 0 spiro atoms. The molecular weight excluding hydrogens is 274 g/mol. The van der Waals surface area contributed by atoms with Crippen LogP contribution < -0.4 is 10.1 Å². The molecular formula is C18H19N3O. The van der Waals surface area contributed by atoms with E-state index in [1.165, 1.54) is 11.1 Å². The van der Waals surface area contributed by atoms with Crippen molar-refractivity contribution in [2.45, 2.75) is 25.8 Å². The van der Waals surface area contributed by atoms with Crippen LogP contribution in [-0.2, 0) is 12.0 Å². The van der Waals surface area contributed by atoms with Crippen molar-refractivity contribution in [1.29, 1.82) is 0 Å². The molecule has 1 aliphatic heterocycles. The molecule has 0 radical (unpaired) electrons. The van der Waals surface area contributed by atoms with Crippen molar-refractivity contribution < 1.29 is 4.74 Å². The minimum absolute atomic E-state index is 0.111. The molecule has 2 N–H and O–H groups in total. The first-order chi connectivity index (χ1) is 10.6. The fraction of sp³-hybridized carbons (Fsp3) is 0.278. The Morgan fingerprint density at radius 2 is 2.14 bits per heavy atom. The van der Waals surface area contributed by atoms with Crippen LogP contribution in [0, 0.1) is 0 Å². The predicted octanol–water partition coefficient (Wildman–Crippen LogP) is 3.85. The number of hydrogen-bond acceptors (Lipinski definition) is 3. The zero-order valence-corrected chi connectivity index (χ0v) is 12.8. The molecule has 0 unspecified atom stereocenters. The summed E-state index contributed by atoms with van der Waals surface area (Å²) in [5.41, 5.74) is 5.77. The number of fused-ring (bicyclic) bond motifs is 2. The summed E-state index contributed by atoms with van der Waals surface area (Å²) in [6, 6.07) is 12.7. The summed E-state index contributed by atoms with van der Waals surface area (Å²) < 4.78 is 5.80. The molecule has 2 aromatic carbocycles. The lowest BCUT2D eigenvalue weighted by atomic mass is 9.87. The van der Waals surface area contributed by atoms with Crippen LogP contribution in [0.3, 0.4) is 0 Å². The van der Waals surface area contributed by atoms with Crippen LogP contribution in [-0.4, -0.2) is 16.6 Å². The number of ether oxygens (including phenoxy) is 1. The molecule has 1 aliphatic rings. The molecule has 22 heavy (non-hydrogen) atoms. The zero-order chi connectivity index (χ0) is 15.2. The van der Waals surface area contributed by atoms with Gasteiger partial charge >= 0.3 is 0 Å². The third kappa shape index (κ3) is 2.21. The Bertz CT molecular complexity index is 835. The van der Waals surface area contributed by atoms with Crippen molar-refractivity contribution >= 4 is 16.7 Å². The van der Waals surface area contributed by atoms with E-state index in [0.29, 0.717) is 0 Å². The Morgan fingerprint density at radius 3 is 3.05 bits per heavy atom. The van der Waals surface area contributed by atoms with Gasteiger partial charge in [0.15, 0.2) is 0 Å². The third-order valence-corrected chi connectivity index (χ3v) is 4.28. The van der Waals surface area contributed by atoms with Crippen LogP contribution in [0.15, 0.2) is 42.7 Å². The highest BCUT2D eigenvalue weighted by atomic mass is 16.5. The van der Waals surface area contributed by atoms with Crippen molar-refractivity contribution in [2.75, 3.05) is 11.9 Å². The zero-order valence-electron chi connectivity index (χ0n) is 12.8. The molecule has 3 aromatic rings. The molecule has 0 amide bonds. The quantitative estimate of drug-likeness (QED) is 0.771. The highest BCUT2D eigenvalue weighted by molar-refractivity contribution is 5.75. The first kappa shape index (κ1) is 13.2. The third-order valence-electron chi connectivity index (χ3n) is 4.28. The standard InChI is InChI=1S/C18H19N3O/c1-18(2)10-22-17-8-13(4-5-14(17)18)19-9-12-3-6-15-16(7-12)21-11-20-15/h3-8,11,19H,9-10H2,1-2H3,(H,20,21). The van der Waals surface area contributed by atoms with Crippen molar-refractivity contribution in [3.05, 3.63) is 53.9 Å². The summed E-state index contributed by atoms with van der Waals surface area (Å²) in [6.07, 6.45) is 1.72. The average Bonchev–Trinajstić information content (AvgIpc) is 3.09. The fourth-order valence-electron chi connectivity index (χ4n) is 2.94. The van der Waals surface area contributed by atoms with Crippen LogP contribution in [0.1, 0.15) is 25.0 Å². The molecule has 4 nitrogen and oxygen atoms in total. The molecule has 0 atom stereocenters. The lowest BCUT2D eigenvalue weighted by Crippen LogP contribution is -2.18. The van der Waals surface area contributed by atoms with Crippen molar-refractivity contribution in [3.8, 4) is 5.75 Å². The minimum Gasteiger partial charge on any atom is -0.492 e. The second-order valence-electron chi connectivity index (χ2n) is 6.49. The number of rotatable bonds is 3. The van der Waals surface area contributed by atoms with E-state index >= 15 is 0 Å². The van der Waals surface area contributed by atoms with Gasteiger partial charge < -0.3 is 15.0 Å². The second kappa shape index (κ2) is 4.77. The van der Waals surface area contributed by atoms with Gasteiger partial charge in [0.2, 0.25) is 0 Å². The average molecular weight is 293 g/mol. The number of benzene rings is 2. The minimum atomic E-state index is 0.111. The highest BCUT2D eigenvalue weighted by Crippen LogP contribution is 2.39. The maximum atomic E-state index is 5.80. The van der Waals surface area contributed by atoms with Gasteiger partial charge in [-0.15, -0.1) is 0 Å². The van der Waals surface area contributed by atoms with Crippen molar-refractivity contribution in [2.24, 2.45) is 0 Å². The molecule has 4 heteroatoms. The largest absolute Gasteiger partial charge is 0.492 e. The van der Waals surface area contributed by atoms with E-state index in [-0.39, 0.29) is 5.41 Å². The molecule has 2 heterocycles. The normalized spacial score (nSPS) is 15.5. The van der Waals surface area contributed by atoms with Gasteiger partial charge in [0, 0.05) is 29.3 Å². The lowest BCUT2D eigenvalue weighted by Gasteiger charge is -2.15. The van der Waals surface area contributed by atoms with Crippen LogP contribution >= 0.6 is 0 Å². The van der Waals surface area contributed by atoms with E-state index in [1.807, 2.05) is 6.07 Å². The summed E-state index contributed by atoms with van der Waals surface area (Å²) in [7, 11) is 0. The first-order valence-corrected chi connectivity index (χ1v) is 7.55. The van der Waals surface area contributed by atoms with Gasteiger partial charge in [0.1, 0.15) is 5.75 Å². The van der Waals surface area contributed by atoms with Gasteiger partial charge in [-0.2, -0.15) is 0 Å². The van der Waals surface area contributed by atoms with E-state index in [1.54, 1.807) is 6.33 Å². The van der Waals surface area contributed by atoms with Crippen molar-refractivity contribution in [3.63, 3.8) is 0 Å². The number of anilines is 1. The molecule has 4 rings (SSSR count). The van der Waals surface area contributed by atoms with E-state index in [2.05, 4.69) is 59.5 Å². The first-order valence-electron chi connectivity index (χ1n) is 7.55. The van der Waals surface area contributed by atoms with Gasteiger partial charge in [-0.25, -0.2) is 4.98 Å².